The minimum atomic E-state index is -3.32. The molecule has 6 nitrogen and oxygen atoms in total. The fraction of sp³-hybridized carbons (Fsp3) is 0.321. The first-order valence-electron chi connectivity index (χ1n) is 12.2. The van der Waals surface area contributed by atoms with Crippen molar-refractivity contribution in [1.82, 2.24) is 10.6 Å². The predicted octanol–water partition coefficient (Wildman–Crippen LogP) is 3.35. The Balaban J connectivity index is 1.48. The maximum Gasteiger partial charge on any atom is 0.251 e. The molecule has 0 fully saturated rings. The van der Waals surface area contributed by atoms with Crippen molar-refractivity contribution in [2.45, 2.75) is 49.8 Å². The summed E-state index contributed by atoms with van der Waals surface area (Å²) in [7, 11) is -3.32. The number of fused-ring (bicyclic) bond motifs is 1. The summed E-state index contributed by atoms with van der Waals surface area (Å²) < 4.78 is 51.8. The van der Waals surface area contributed by atoms with E-state index >= 15 is 0 Å². The van der Waals surface area contributed by atoms with E-state index in [4.69, 9.17) is 0 Å². The molecule has 1 aliphatic heterocycles. The summed E-state index contributed by atoms with van der Waals surface area (Å²) in [6, 6.07) is 14.7. The molecule has 3 aromatic rings. The summed E-state index contributed by atoms with van der Waals surface area (Å²) >= 11 is 0. The van der Waals surface area contributed by atoms with Crippen LogP contribution in [-0.4, -0.2) is 43.9 Å². The second-order valence-corrected chi connectivity index (χ2v) is 11.4. The number of carbonyl (C=O) groups is 1. The third-order valence-electron chi connectivity index (χ3n) is 6.54. The Morgan fingerprint density at radius 3 is 2.46 bits per heavy atom. The molecule has 196 valence electrons. The van der Waals surface area contributed by atoms with Crippen LogP contribution in [0.4, 0.5) is 8.78 Å². The normalized spacial score (nSPS) is 15.7. The van der Waals surface area contributed by atoms with E-state index in [9.17, 15) is 27.1 Å². The number of sulfone groups is 1. The van der Waals surface area contributed by atoms with Crippen molar-refractivity contribution in [3.63, 3.8) is 0 Å². The van der Waals surface area contributed by atoms with Gasteiger partial charge in [0.1, 0.15) is 11.6 Å². The molecule has 1 aliphatic rings. The molecule has 9 heteroatoms. The van der Waals surface area contributed by atoms with Gasteiger partial charge in [0.15, 0.2) is 9.84 Å². The van der Waals surface area contributed by atoms with Crippen molar-refractivity contribution in [2.75, 3.05) is 12.3 Å². The zero-order valence-corrected chi connectivity index (χ0v) is 21.3. The lowest BCUT2D eigenvalue weighted by Crippen LogP contribution is -2.48. The quantitative estimate of drug-likeness (QED) is 0.375. The summed E-state index contributed by atoms with van der Waals surface area (Å²) in [5.41, 5.74) is 3.36. The number of aliphatic hydroxyl groups excluding tert-OH is 1. The van der Waals surface area contributed by atoms with E-state index in [-0.39, 0.29) is 34.7 Å². The highest BCUT2D eigenvalue weighted by atomic mass is 32.2. The fourth-order valence-electron chi connectivity index (χ4n) is 4.56. The van der Waals surface area contributed by atoms with Gasteiger partial charge in [0.25, 0.3) is 5.91 Å². The number of aliphatic hydroxyl groups is 1. The monoisotopic (exact) mass is 528 g/mol. The SMILES string of the molecule is CCc1cccc(CNC[C@@H](O)[C@H](Cc2cc(F)cc(F)c2)NC(=O)c2ccc3c(c2)CCS3(=O)=O)c1. The van der Waals surface area contributed by atoms with Crippen LogP contribution in [0.5, 0.6) is 0 Å². The molecule has 1 heterocycles. The number of carbonyl (C=O) groups excluding carboxylic acids is 1. The fourth-order valence-corrected chi connectivity index (χ4v) is 6.10. The Bertz CT molecular complexity index is 1370. The number of rotatable bonds is 10. The standard InChI is InChI=1S/C28H30F2N2O4S/c1-2-18-4-3-5-19(10-18)16-31-17-26(33)25(13-20-11-23(29)15-24(30)12-20)32-28(34)22-6-7-27-21(14-22)8-9-37(27,35)36/h3-7,10-12,14-15,25-26,31,33H,2,8-9,13,16-17H2,1H3,(H,32,34)/t25-,26+/m0/s1. The number of hydrogen-bond acceptors (Lipinski definition) is 5. The maximum absolute atomic E-state index is 13.8. The van der Waals surface area contributed by atoms with Gasteiger partial charge in [-0.05, 0) is 71.8 Å². The summed E-state index contributed by atoms with van der Waals surface area (Å²) in [4.78, 5) is 13.3. The Morgan fingerprint density at radius 1 is 1.00 bits per heavy atom. The van der Waals surface area contributed by atoms with Gasteiger partial charge in [-0.3, -0.25) is 4.79 Å². The smallest absolute Gasteiger partial charge is 0.251 e. The Labute approximate surface area is 215 Å². The molecule has 2 atom stereocenters. The molecule has 0 aliphatic carbocycles. The molecule has 1 amide bonds. The average Bonchev–Trinajstić information content (AvgIpc) is 3.16. The highest BCUT2D eigenvalue weighted by Gasteiger charge is 2.28. The van der Waals surface area contributed by atoms with Crippen LogP contribution >= 0.6 is 0 Å². The van der Waals surface area contributed by atoms with Gasteiger partial charge >= 0.3 is 0 Å². The van der Waals surface area contributed by atoms with Gasteiger partial charge in [-0.1, -0.05) is 31.2 Å². The molecule has 4 rings (SSSR count). The van der Waals surface area contributed by atoms with Crippen LogP contribution in [0, 0.1) is 11.6 Å². The van der Waals surface area contributed by atoms with Crippen molar-refractivity contribution in [2.24, 2.45) is 0 Å². The first-order chi connectivity index (χ1) is 17.6. The molecular formula is C28H30F2N2O4S. The van der Waals surface area contributed by atoms with E-state index in [1.165, 1.54) is 29.8 Å². The van der Waals surface area contributed by atoms with Crippen molar-refractivity contribution < 1.29 is 27.1 Å². The Hall–Kier alpha value is -3.14. The van der Waals surface area contributed by atoms with Crippen LogP contribution in [0.1, 0.15) is 39.5 Å². The minimum absolute atomic E-state index is 0.00605. The highest BCUT2D eigenvalue weighted by Crippen LogP contribution is 2.26. The lowest BCUT2D eigenvalue weighted by Gasteiger charge is -2.25. The van der Waals surface area contributed by atoms with Gasteiger partial charge in [0.2, 0.25) is 0 Å². The van der Waals surface area contributed by atoms with Crippen LogP contribution < -0.4 is 10.6 Å². The third-order valence-corrected chi connectivity index (χ3v) is 8.35. The second-order valence-electron chi connectivity index (χ2n) is 9.32. The molecule has 0 saturated carbocycles. The van der Waals surface area contributed by atoms with Crippen molar-refractivity contribution in [1.29, 1.82) is 0 Å². The van der Waals surface area contributed by atoms with Gasteiger partial charge in [-0.2, -0.15) is 0 Å². The lowest BCUT2D eigenvalue weighted by molar-refractivity contribution is 0.0829. The summed E-state index contributed by atoms with van der Waals surface area (Å²) in [5, 5.41) is 16.9. The van der Waals surface area contributed by atoms with Gasteiger partial charge in [-0.25, -0.2) is 17.2 Å². The zero-order chi connectivity index (χ0) is 26.6. The Morgan fingerprint density at radius 2 is 1.73 bits per heavy atom. The lowest BCUT2D eigenvalue weighted by atomic mass is 9.99. The molecule has 0 unspecified atom stereocenters. The van der Waals surface area contributed by atoms with Crippen LogP contribution in [0.15, 0.2) is 65.6 Å². The van der Waals surface area contributed by atoms with Gasteiger partial charge < -0.3 is 15.7 Å². The average molecular weight is 529 g/mol. The molecule has 0 bridgehead atoms. The van der Waals surface area contributed by atoms with E-state index in [1.54, 1.807) is 6.07 Å². The van der Waals surface area contributed by atoms with Crippen molar-refractivity contribution in [3.8, 4) is 0 Å². The first kappa shape index (κ1) is 26.9. The van der Waals surface area contributed by atoms with E-state index in [0.29, 0.717) is 18.5 Å². The molecule has 3 aromatic carbocycles. The number of aryl methyl sites for hydroxylation is 2. The largest absolute Gasteiger partial charge is 0.390 e. The third kappa shape index (κ3) is 6.80. The van der Waals surface area contributed by atoms with Gasteiger partial charge in [0.05, 0.1) is 22.8 Å². The molecule has 37 heavy (non-hydrogen) atoms. The maximum atomic E-state index is 13.8. The molecule has 0 saturated heterocycles. The number of halogens is 2. The van der Waals surface area contributed by atoms with Crippen LogP contribution in [0.2, 0.25) is 0 Å². The molecule has 0 aromatic heterocycles. The Kier molecular flexibility index (Phi) is 8.36. The number of nitrogens with one attached hydrogen (secondary N) is 2. The molecule has 0 spiro atoms. The molecule has 0 radical (unpaired) electrons. The molecular weight excluding hydrogens is 498 g/mol. The zero-order valence-electron chi connectivity index (χ0n) is 20.5. The van der Waals surface area contributed by atoms with Crippen molar-refractivity contribution >= 4 is 15.7 Å². The van der Waals surface area contributed by atoms with Gasteiger partial charge in [-0.15, -0.1) is 0 Å². The first-order valence-corrected chi connectivity index (χ1v) is 13.9. The van der Waals surface area contributed by atoms with Gasteiger partial charge in [0, 0.05) is 24.7 Å². The van der Waals surface area contributed by atoms with Crippen LogP contribution in [-0.2, 0) is 35.6 Å². The van der Waals surface area contributed by atoms with E-state index < -0.39 is 39.5 Å². The minimum Gasteiger partial charge on any atom is -0.390 e. The van der Waals surface area contributed by atoms with Crippen LogP contribution in [0.3, 0.4) is 0 Å². The second kappa shape index (κ2) is 11.5. The number of benzene rings is 3. The highest BCUT2D eigenvalue weighted by molar-refractivity contribution is 7.91. The summed E-state index contributed by atoms with van der Waals surface area (Å²) in [5.74, 6) is -2.00. The molecule has 3 N–H and O–H groups in total. The summed E-state index contributed by atoms with van der Waals surface area (Å²) in [6.07, 6.45) is 0.160. The van der Waals surface area contributed by atoms with Crippen LogP contribution in [0.25, 0.3) is 0 Å². The summed E-state index contributed by atoms with van der Waals surface area (Å²) in [6.45, 7) is 2.69. The predicted molar refractivity (Wildman–Crippen MR) is 137 cm³/mol. The number of amides is 1. The number of hydrogen-bond donors (Lipinski definition) is 3. The van der Waals surface area contributed by atoms with E-state index in [2.05, 4.69) is 23.6 Å². The van der Waals surface area contributed by atoms with E-state index in [1.807, 2.05) is 18.2 Å². The van der Waals surface area contributed by atoms with E-state index in [0.717, 1.165) is 18.1 Å². The topological polar surface area (TPSA) is 95.5 Å². The van der Waals surface area contributed by atoms with Crippen molar-refractivity contribution in [3.05, 3.63) is 100 Å².